The molecular weight excluding hydrogens is 288 g/mol. The second-order valence-corrected chi connectivity index (χ2v) is 7.20. The molecule has 3 aromatic rings. The molecule has 0 aliphatic heterocycles. The third-order valence-electron chi connectivity index (χ3n) is 4.67. The van der Waals surface area contributed by atoms with E-state index in [1.165, 1.54) is 55.6 Å². The molecular formula is C24H26. The van der Waals surface area contributed by atoms with Crippen molar-refractivity contribution in [2.75, 3.05) is 0 Å². The van der Waals surface area contributed by atoms with Gasteiger partial charge >= 0.3 is 0 Å². The van der Waals surface area contributed by atoms with Gasteiger partial charge in [-0.3, -0.25) is 0 Å². The molecule has 0 radical (unpaired) electrons. The summed E-state index contributed by atoms with van der Waals surface area (Å²) in [7, 11) is 0. The van der Waals surface area contributed by atoms with Gasteiger partial charge in [0.1, 0.15) is 0 Å². The summed E-state index contributed by atoms with van der Waals surface area (Å²) in [4.78, 5) is 0. The molecule has 3 aromatic carbocycles. The third kappa shape index (κ3) is 3.14. The highest BCUT2D eigenvalue weighted by atomic mass is 14.2. The molecule has 0 fully saturated rings. The molecule has 0 bridgehead atoms. The number of rotatable bonds is 2. The molecule has 122 valence electrons. The van der Waals surface area contributed by atoms with Crippen LogP contribution in [0.1, 0.15) is 33.4 Å². The summed E-state index contributed by atoms with van der Waals surface area (Å²) in [6.45, 7) is 13.1. The van der Waals surface area contributed by atoms with Gasteiger partial charge in [-0.05, 0) is 74.9 Å². The summed E-state index contributed by atoms with van der Waals surface area (Å²) in [6, 6.07) is 18.2. The minimum Gasteiger partial charge on any atom is -0.0590 e. The van der Waals surface area contributed by atoms with Crippen molar-refractivity contribution in [2.24, 2.45) is 0 Å². The average Bonchev–Trinajstić information content (AvgIpc) is 2.47. The topological polar surface area (TPSA) is 0 Å². The van der Waals surface area contributed by atoms with Gasteiger partial charge < -0.3 is 0 Å². The lowest BCUT2D eigenvalue weighted by atomic mass is 9.86. The lowest BCUT2D eigenvalue weighted by Gasteiger charge is -2.18. The molecule has 0 aliphatic rings. The Labute approximate surface area is 146 Å². The molecule has 0 heteroatoms. The SMILES string of the molecule is Cc1cc(C)cc(-c2c(C)cc(C)cc2-c2cc(C)ccc2C)c1. The van der Waals surface area contributed by atoms with Crippen LogP contribution >= 0.6 is 0 Å². The zero-order valence-electron chi connectivity index (χ0n) is 15.6. The lowest BCUT2D eigenvalue weighted by molar-refractivity contribution is 1.33. The van der Waals surface area contributed by atoms with Crippen LogP contribution in [0.5, 0.6) is 0 Å². The van der Waals surface area contributed by atoms with Gasteiger partial charge in [0.05, 0.1) is 0 Å². The van der Waals surface area contributed by atoms with Crippen molar-refractivity contribution in [3.63, 3.8) is 0 Å². The van der Waals surface area contributed by atoms with Crippen molar-refractivity contribution in [2.45, 2.75) is 41.5 Å². The van der Waals surface area contributed by atoms with Crippen molar-refractivity contribution in [1.82, 2.24) is 0 Å². The van der Waals surface area contributed by atoms with E-state index in [2.05, 4.69) is 90.1 Å². The molecule has 0 saturated heterocycles. The first kappa shape index (κ1) is 16.5. The first-order valence-corrected chi connectivity index (χ1v) is 8.62. The Morgan fingerprint density at radius 3 is 1.71 bits per heavy atom. The van der Waals surface area contributed by atoms with Crippen LogP contribution in [0.15, 0.2) is 48.5 Å². The van der Waals surface area contributed by atoms with E-state index >= 15 is 0 Å². The van der Waals surface area contributed by atoms with Crippen LogP contribution in [-0.4, -0.2) is 0 Å². The molecule has 0 nitrogen and oxygen atoms in total. The smallest absolute Gasteiger partial charge is 0.00756 e. The number of aryl methyl sites for hydroxylation is 6. The molecule has 0 aromatic heterocycles. The second-order valence-electron chi connectivity index (χ2n) is 7.20. The van der Waals surface area contributed by atoms with Crippen LogP contribution in [0.2, 0.25) is 0 Å². The Balaban J connectivity index is 2.36. The summed E-state index contributed by atoms with van der Waals surface area (Å²) in [5, 5.41) is 0. The number of benzene rings is 3. The van der Waals surface area contributed by atoms with Crippen LogP contribution in [0.4, 0.5) is 0 Å². The van der Waals surface area contributed by atoms with Gasteiger partial charge in [0.25, 0.3) is 0 Å². The van der Waals surface area contributed by atoms with Gasteiger partial charge in [-0.15, -0.1) is 0 Å². The van der Waals surface area contributed by atoms with E-state index in [9.17, 15) is 0 Å². The van der Waals surface area contributed by atoms with E-state index in [1.807, 2.05) is 0 Å². The molecule has 0 heterocycles. The Morgan fingerprint density at radius 1 is 0.458 bits per heavy atom. The van der Waals surface area contributed by atoms with Crippen molar-refractivity contribution >= 4 is 0 Å². The predicted octanol–water partition coefficient (Wildman–Crippen LogP) is 6.87. The highest BCUT2D eigenvalue weighted by molar-refractivity contribution is 5.88. The summed E-state index contributed by atoms with van der Waals surface area (Å²) >= 11 is 0. The van der Waals surface area contributed by atoms with Gasteiger partial charge in [0.2, 0.25) is 0 Å². The lowest BCUT2D eigenvalue weighted by Crippen LogP contribution is -1.94. The van der Waals surface area contributed by atoms with Crippen LogP contribution in [-0.2, 0) is 0 Å². The summed E-state index contributed by atoms with van der Waals surface area (Å²) < 4.78 is 0. The van der Waals surface area contributed by atoms with Gasteiger partial charge in [-0.25, -0.2) is 0 Å². The van der Waals surface area contributed by atoms with Crippen LogP contribution in [0, 0.1) is 41.5 Å². The van der Waals surface area contributed by atoms with Crippen molar-refractivity contribution in [1.29, 1.82) is 0 Å². The van der Waals surface area contributed by atoms with Crippen molar-refractivity contribution in [3.8, 4) is 22.3 Å². The second kappa shape index (κ2) is 6.28. The fraction of sp³-hybridized carbons (Fsp3) is 0.250. The summed E-state index contributed by atoms with van der Waals surface area (Å²) in [5.74, 6) is 0. The molecule has 0 N–H and O–H groups in total. The first-order valence-electron chi connectivity index (χ1n) is 8.62. The third-order valence-corrected chi connectivity index (χ3v) is 4.67. The van der Waals surface area contributed by atoms with Crippen LogP contribution in [0.3, 0.4) is 0 Å². The Hall–Kier alpha value is -2.34. The van der Waals surface area contributed by atoms with Crippen LogP contribution in [0.25, 0.3) is 22.3 Å². The summed E-state index contributed by atoms with van der Waals surface area (Å²) in [6.07, 6.45) is 0. The standard InChI is InChI=1S/C24H26/c1-15-7-8-19(5)22(13-15)23-14-18(4)10-20(6)24(23)21-11-16(2)9-17(3)12-21/h7-14H,1-6H3. The number of hydrogen-bond donors (Lipinski definition) is 0. The van der Waals surface area contributed by atoms with E-state index in [4.69, 9.17) is 0 Å². The fourth-order valence-corrected chi connectivity index (χ4v) is 3.71. The van der Waals surface area contributed by atoms with E-state index < -0.39 is 0 Å². The zero-order chi connectivity index (χ0) is 17.4. The Kier molecular flexibility index (Phi) is 4.32. The average molecular weight is 314 g/mol. The van der Waals surface area contributed by atoms with E-state index in [-0.39, 0.29) is 0 Å². The molecule has 3 rings (SSSR count). The first-order chi connectivity index (χ1) is 11.3. The van der Waals surface area contributed by atoms with E-state index in [0.717, 1.165) is 0 Å². The van der Waals surface area contributed by atoms with Crippen LogP contribution < -0.4 is 0 Å². The zero-order valence-corrected chi connectivity index (χ0v) is 15.6. The van der Waals surface area contributed by atoms with Gasteiger partial charge in [-0.1, -0.05) is 70.8 Å². The maximum atomic E-state index is 2.34. The Bertz CT molecular complexity index is 893. The molecule has 24 heavy (non-hydrogen) atoms. The summed E-state index contributed by atoms with van der Waals surface area (Å²) in [5.41, 5.74) is 13.3. The van der Waals surface area contributed by atoms with Gasteiger partial charge in [-0.2, -0.15) is 0 Å². The van der Waals surface area contributed by atoms with E-state index in [0.29, 0.717) is 0 Å². The molecule has 0 spiro atoms. The van der Waals surface area contributed by atoms with Gasteiger partial charge in [0.15, 0.2) is 0 Å². The molecule has 0 aliphatic carbocycles. The molecule has 0 unspecified atom stereocenters. The Morgan fingerprint density at radius 2 is 1.04 bits per heavy atom. The normalized spacial score (nSPS) is 10.9. The molecule has 0 atom stereocenters. The maximum Gasteiger partial charge on any atom is -0.00756 e. The molecule has 0 amide bonds. The quantitative estimate of drug-likeness (QED) is 0.484. The minimum atomic E-state index is 1.31. The molecule has 0 saturated carbocycles. The van der Waals surface area contributed by atoms with Gasteiger partial charge in [0, 0.05) is 0 Å². The highest BCUT2D eigenvalue weighted by Crippen LogP contribution is 2.38. The fourth-order valence-electron chi connectivity index (χ4n) is 3.71. The monoisotopic (exact) mass is 314 g/mol. The van der Waals surface area contributed by atoms with E-state index in [1.54, 1.807) is 0 Å². The number of hydrogen-bond acceptors (Lipinski definition) is 0. The van der Waals surface area contributed by atoms with Crippen molar-refractivity contribution in [3.05, 3.63) is 81.9 Å². The van der Waals surface area contributed by atoms with Crippen molar-refractivity contribution < 1.29 is 0 Å². The predicted molar refractivity (Wildman–Crippen MR) is 106 cm³/mol. The maximum absolute atomic E-state index is 2.34. The minimum absolute atomic E-state index is 1.31. The highest BCUT2D eigenvalue weighted by Gasteiger charge is 2.14. The largest absolute Gasteiger partial charge is 0.0590 e.